The molecule has 0 aliphatic carbocycles. The number of alkyl halides is 1. The van der Waals surface area contributed by atoms with Gasteiger partial charge in [0, 0.05) is 21.4 Å². The van der Waals surface area contributed by atoms with Gasteiger partial charge >= 0.3 is 0 Å². The minimum Gasteiger partial charge on any atom is -0.258 e. The molecule has 0 heterocycles. The van der Waals surface area contributed by atoms with E-state index in [0.29, 0.717) is 10.7 Å². The van der Waals surface area contributed by atoms with Crippen molar-refractivity contribution in [2.45, 2.75) is 25.1 Å². The van der Waals surface area contributed by atoms with Gasteiger partial charge in [-0.05, 0) is 17.9 Å². The summed E-state index contributed by atoms with van der Waals surface area (Å²) in [6.45, 7) is 4.28. The van der Waals surface area contributed by atoms with Crippen LogP contribution in [0.2, 0.25) is 0 Å². The molecular formula is C11H13Br2NO2. The van der Waals surface area contributed by atoms with E-state index in [1.54, 1.807) is 18.2 Å². The Kier molecular flexibility index (Phi) is 4.92. The van der Waals surface area contributed by atoms with E-state index in [1.165, 1.54) is 0 Å². The van der Waals surface area contributed by atoms with Gasteiger partial charge in [-0.3, -0.25) is 10.1 Å². The molecule has 0 saturated carbocycles. The minimum absolute atomic E-state index is 0.117. The van der Waals surface area contributed by atoms with Crippen LogP contribution in [0, 0.1) is 16.0 Å². The lowest BCUT2D eigenvalue weighted by Crippen LogP contribution is -2.10. The van der Waals surface area contributed by atoms with Gasteiger partial charge in [-0.1, -0.05) is 51.8 Å². The quantitative estimate of drug-likeness (QED) is 0.461. The summed E-state index contributed by atoms with van der Waals surface area (Å²) in [5.41, 5.74) is 1.20. The maximum absolute atomic E-state index is 10.6. The van der Waals surface area contributed by atoms with Crippen molar-refractivity contribution in [3.63, 3.8) is 0 Å². The Labute approximate surface area is 112 Å². The molecule has 1 aromatic rings. The Morgan fingerprint density at radius 2 is 2.06 bits per heavy atom. The summed E-state index contributed by atoms with van der Waals surface area (Å²) in [6, 6.07) is 4.90. The molecule has 16 heavy (non-hydrogen) atoms. The number of halogens is 2. The van der Waals surface area contributed by atoms with E-state index in [1.807, 2.05) is 0 Å². The van der Waals surface area contributed by atoms with E-state index < -0.39 is 0 Å². The summed E-state index contributed by atoms with van der Waals surface area (Å²) in [5.74, 6) is 0.530. The molecule has 0 amide bonds. The molecule has 0 bridgehead atoms. The predicted octanol–water partition coefficient (Wildman–Crippen LogP) is 4.32. The fourth-order valence-corrected chi connectivity index (χ4v) is 2.14. The third-order valence-electron chi connectivity index (χ3n) is 2.39. The lowest BCUT2D eigenvalue weighted by atomic mass is 10.0. The van der Waals surface area contributed by atoms with Crippen LogP contribution in [0.25, 0.3) is 0 Å². The molecule has 0 spiro atoms. The zero-order valence-electron chi connectivity index (χ0n) is 9.11. The Hall–Kier alpha value is -0.420. The second-order valence-electron chi connectivity index (χ2n) is 4.00. The molecule has 3 nitrogen and oxygen atoms in total. The smallest absolute Gasteiger partial charge is 0.258 e. The molecule has 88 valence electrons. The van der Waals surface area contributed by atoms with Crippen LogP contribution in [0.1, 0.15) is 19.4 Å². The summed E-state index contributed by atoms with van der Waals surface area (Å²) in [6.07, 6.45) is 0.857. The second-order valence-corrected chi connectivity index (χ2v) is 6.03. The molecule has 0 aliphatic rings. The first-order valence-electron chi connectivity index (χ1n) is 4.98. The third-order valence-corrected chi connectivity index (χ3v) is 4.51. The molecule has 0 aromatic heterocycles. The SMILES string of the molecule is CC(C)C(Br)Cc1ccc([N+](=O)[O-])cc1Br. The van der Waals surface area contributed by atoms with Crippen LogP contribution in [0.3, 0.4) is 0 Å². The van der Waals surface area contributed by atoms with Crippen LogP contribution in [0.15, 0.2) is 22.7 Å². The van der Waals surface area contributed by atoms with Crippen molar-refractivity contribution in [1.29, 1.82) is 0 Å². The first-order valence-corrected chi connectivity index (χ1v) is 6.69. The number of hydrogen-bond donors (Lipinski definition) is 0. The molecule has 0 N–H and O–H groups in total. The van der Waals surface area contributed by atoms with E-state index >= 15 is 0 Å². The number of nitrogens with zero attached hydrogens (tertiary/aromatic N) is 1. The number of hydrogen-bond acceptors (Lipinski definition) is 2. The van der Waals surface area contributed by atoms with E-state index in [2.05, 4.69) is 45.7 Å². The molecule has 0 saturated heterocycles. The van der Waals surface area contributed by atoms with Crippen molar-refractivity contribution in [1.82, 2.24) is 0 Å². The van der Waals surface area contributed by atoms with Crippen LogP contribution >= 0.6 is 31.9 Å². The average molecular weight is 351 g/mol. The van der Waals surface area contributed by atoms with Crippen molar-refractivity contribution in [3.05, 3.63) is 38.3 Å². The van der Waals surface area contributed by atoms with Crippen molar-refractivity contribution in [3.8, 4) is 0 Å². The summed E-state index contributed by atoms with van der Waals surface area (Å²) < 4.78 is 0.798. The van der Waals surface area contributed by atoms with E-state index in [4.69, 9.17) is 0 Å². The van der Waals surface area contributed by atoms with Gasteiger partial charge in [-0.25, -0.2) is 0 Å². The molecule has 1 rings (SSSR count). The molecule has 1 unspecified atom stereocenters. The largest absolute Gasteiger partial charge is 0.270 e. The van der Waals surface area contributed by atoms with Gasteiger partial charge in [0.25, 0.3) is 5.69 Å². The number of rotatable bonds is 4. The monoisotopic (exact) mass is 349 g/mol. The maximum Gasteiger partial charge on any atom is 0.270 e. The molecule has 0 radical (unpaired) electrons. The lowest BCUT2D eigenvalue weighted by Gasteiger charge is -2.14. The highest BCUT2D eigenvalue weighted by atomic mass is 79.9. The van der Waals surface area contributed by atoms with Crippen LogP contribution in [-0.2, 0) is 6.42 Å². The van der Waals surface area contributed by atoms with Gasteiger partial charge in [0.15, 0.2) is 0 Å². The summed E-state index contributed by atoms with van der Waals surface area (Å²) >= 11 is 6.97. The zero-order valence-corrected chi connectivity index (χ0v) is 12.3. The zero-order chi connectivity index (χ0) is 12.3. The van der Waals surface area contributed by atoms with Gasteiger partial charge in [0.1, 0.15) is 0 Å². The van der Waals surface area contributed by atoms with E-state index in [-0.39, 0.29) is 10.6 Å². The summed E-state index contributed by atoms with van der Waals surface area (Å²) in [7, 11) is 0. The molecule has 1 atom stereocenters. The normalized spacial score (nSPS) is 12.8. The fraction of sp³-hybridized carbons (Fsp3) is 0.455. The fourth-order valence-electron chi connectivity index (χ4n) is 1.26. The van der Waals surface area contributed by atoms with Gasteiger partial charge in [-0.2, -0.15) is 0 Å². The standard InChI is InChI=1S/C11H13Br2NO2/c1-7(2)10(12)5-8-3-4-9(14(15)16)6-11(8)13/h3-4,6-7,10H,5H2,1-2H3. The number of nitro benzene ring substituents is 1. The highest BCUT2D eigenvalue weighted by Gasteiger charge is 2.14. The molecule has 0 fully saturated rings. The average Bonchev–Trinajstić information content (AvgIpc) is 2.20. The topological polar surface area (TPSA) is 43.1 Å². The van der Waals surface area contributed by atoms with Gasteiger partial charge in [0.05, 0.1) is 4.92 Å². The van der Waals surface area contributed by atoms with Gasteiger partial charge < -0.3 is 0 Å². The van der Waals surface area contributed by atoms with Crippen molar-refractivity contribution in [2.75, 3.05) is 0 Å². The maximum atomic E-state index is 10.6. The summed E-state index contributed by atoms with van der Waals surface area (Å²) in [4.78, 5) is 10.6. The first-order chi connectivity index (χ1) is 7.41. The van der Waals surface area contributed by atoms with E-state index in [0.717, 1.165) is 16.5 Å². The Morgan fingerprint density at radius 3 is 2.50 bits per heavy atom. The molecular weight excluding hydrogens is 338 g/mol. The third kappa shape index (κ3) is 3.56. The number of non-ortho nitro benzene ring substituents is 1. The molecule has 5 heteroatoms. The van der Waals surface area contributed by atoms with Crippen LogP contribution in [0.4, 0.5) is 5.69 Å². The Balaban J connectivity index is 2.87. The first kappa shape index (κ1) is 13.6. The molecule has 1 aromatic carbocycles. The predicted molar refractivity (Wildman–Crippen MR) is 72.1 cm³/mol. The lowest BCUT2D eigenvalue weighted by molar-refractivity contribution is -0.384. The van der Waals surface area contributed by atoms with Crippen molar-refractivity contribution >= 4 is 37.5 Å². The highest BCUT2D eigenvalue weighted by molar-refractivity contribution is 9.10. The van der Waals surface area contributed by atoms with Crippen LogP contribution < -0.4 is 0 Å². The van der Waals surface area contributed by atoms with Crippen LogP contribution in [0.5, 0.6) is 0 Å². The number of benzene rings is 1. The second kappa shape index (κ2) is 5.77. The van der Waals surface area contributed by atoms with Gasteiger partial charge in [-0.15, -0.1) is 0 Å². The minimum atomic E-state index is -0.386. The van der Waals surface area contributed by atoms with Gasteiger partial charge in [0.2, 0.25) is 0 Å². The summed E-state index contributed by atoms with van der Waals surface area (Å²) in [5, 5.41) is 10.6. The Morgan fingerprint density at radius 1 is 1.44 bits per heavy atom. The van der Waals surface area contributed by atoms with Crippen molar-refractivity contribution < 1.29 is 4.92 Å². The highest BCUT2D eigenvalue weighted by Crippen LogP contribution is 2.27. The molecule has 0 aliphatic heterocycles. The Bertz CT molecular complexity index is 394. The van der Waals surface area contributed by atoms with Crippen LogP contribution in [-0.4, -0.2) is 9.75 Å². The number of nitro groups is 1. The van der Waals surface area contributed by atoms with Crippen molar-refractivity contribution in [2.24, 2.45) is 5.92 Å². The van der Waals surface area contributed by atoms with E-state index in [9.17, 15) is 10.1 Å².